The number of ether oxygens (including phenoxy) is 3. The third kappa shape index (κ3) is 9.42. The fourth-order valence-electron chi connectivity index (χ4n) is 7.10. The van der Waals surface area contributed by atoms with Gasteiger partial charge >= 0.3 is 12.2 Å². The van der Waals surface area contributed by atoms with Crippen molar-refractivity contribution in [3.8, 4) is 23.1 Å². The van der Waals surface area contributed by atoms with E-state index in [1.165, 1.54) is 0 Å². The number of hydrogen-bond acceptors (Lipinski definition) is 7. The van der Waals surface area contributed by atoms with E-state index in [4.69, 9.17) is 19.2 Å². The lowest BCUT2D eigenvalue weighted by Gasteiger charge is -2.28. The van der Waals surface area contributed by atoms with E-state index in [2.05, 4.69) is 33.4 Å². The van der Waals surface area contributed by atoms with Crippen molar-refractivity contribution in [1.29, 1.82) is 0 Å². The number of imidazole rings is 2. The number of aromatic amines is 2. The molecule has 2 N–H and O–H groups in total. The smallest absolute Gasteiger partial charge is 0.411 e. The highest BCUT2D eigenvalue weighted by atomic mass is 32.1. The minimum absolute atomic E-state index is 0. The SMILES string of the molecule is C=C1C[C@@H](c2ncc(-c3ccc(C#Cc4ccc5nc([C@@H]6C[C@]7(CCOC7)CN6C(=O)OC(C)(C)C)[nH]c5c4)cc3)[nH]2)N(C(=O)OC(C)(C)C)C1.S.S.S. The van der Waals surface area contributed by atoms with Crippen LogP contribution in [-0.2, 0) is 14.2 Å². The normalized spacial score (nSPS) is 20.9. The number of carbonyl (C=O) groups is 2. The Labute approximate surface area is 338 Å². The molecule has 54 heavy (non-hydrogen) atoms. The minimum atomic E-state index is -0.591. The van der Waals surface area contributed by atoms with Gasteiger partial charge in [-0.05, 0) is 96.7 Å². The van der Waals surface area contributed by atoms with Crippen LogP contribution in [0.3, 0.4) is 0 Å². The largest absolute Gasteiger partial charge is 0.444 e. The van der Waals surface area contributed by atoms with Crippen molar-refractivity contribution in [1.82, 2.24) is 29.7 Å². The Balaban J connectivity index is 0.00000217. The molecule has 11 nitrogen and oxygen atoms in total. The standard InChI is InChI=1S/C40H46N6O5.3H2S/c1-25-18-32(45(22-25)36(47)50-38(2,3)4)34-41-21-31(44-34)28-13-10-26(11-14-28)8-9-27-12-15-29-30(19-27)43-35(42-29)33-20-40(16-17-49-24-40)23-46(33)37(48)51-39(5,6)7;;;/h10-15,19,21,32-33H,1,16-18,20,22-24H2,2-7H3,(H,41,44)(H,42,43);3*1H2/t32-,33-,40+;;;/m0.../s1. The number of likely N-dealkylation sites (tertiary alicyclic amines) is 2. The molecule has 0 radical (unpaired) electrons. The van der Waals surface area contributed by atoms with Crippen molar-refractivity contribution in [2.24, 2.45) is 5.41 Å². The van der Waals surface area contributed by atoms with Gasteiger partial charge in [0.25, 0.3) is 0 Å². The average Bonchev–Trinajstić information content (AvgIpc) is 3.89. The number of rotatable bonds is 3. The van der Waals surface area contributed by atoms with Gasteiger partial charge in [0.1, 0.15) is 22.9 Å². The first-order valence-corrected chi connectivity index (χ1v) is 17.5. The van der Waals surface area contributed by atoms with Gasteiger partial charge in [0.05, 0.1) is 41.6 Å². The molecule has 7 rings (SSSR count). The van der Waals surface area contributed by atoms with Crippen molar-refractivity contribution >= 4 is 63.7 Å². The van der Waals surface area contributed by atoms with E-state index in [1.807, 2.05) is 88.9 Å². The van der Waals surface area contributed by atoms with Crippen LogP contribution >= 0.6 is 40.5 Å². The lowest BCUT2D eigenvalue weighted by atomic mass is 9.85. The maximum atomic E-state index is 13.3. The summed E-state index contributed by atoms with van der Waals surface area (Å²) < 4.78 is 17.2. The van der Waals surface area contributed by atoms with E-state index < -0.39 is 11.2 Å². The zero-order valence-corrected chi connectivity index (χ0v) is 34.8. The molecule has 3 atom stereocenters. The van der Waals surface area contributed by atoms with E-state index in [0.717, 1.165) is 57.7 Å². The van der Waals surface area contributed by atoms with Crippen molar-refractivity contribution in [2.75, 3.05) is 26.3 Å². The van der Waals surface area contributed by atoms with Crippen molar-refractivity contribution < 1.29 is 23.8 Å². The zero-order valence-electron chi connectivity index (χ0n) is 31.8. The molecular weight excluding hydrogens is 741 g/mol. The number of carbonyl (C=O) groups excluding carboxylic acids is 2. The van der Waals surface area contributed by atoms with E-state index >= 15 is 0 Å². The third-order valence-electron chi connectivity index (χ3n) is 9.48. The van der Waals surface area contributed by atoms with Crippen molar-refractivity contribution in [3.05, 3.63) is 83.6 Å². The molecule has 3 saturated heterocycles. The summed E-state index contributed by atoms with van der Waals surface area (Å²) in [4.78, 5) is 46.1. The Morgan fingerprint density at radius 3 is 2.19 bits per heavy atom. The summed E-state index contributed by atoms with van der Waals surface area (Å²) in [7, 11) is 0. The molecule has 4 aromatic rings. The number of hydrogen-bond donors (Lipinski definition) is 2. The van der Waals surface area contributed by atoms with E-state index in [1.54, 1.807) is 11.1 Å². The van der Waals surface area contributed by atoms with Gasteiger partial charge in [-0.25, -0.2) is 19.6 Å². The fourth-order valence-corrected chi connectivity index (χ4v) is 7.10. The molecule has 0 saturated carbocycles. The highest BCUT2D eigenvalue weighted by Gasteiger charge is 2.50. The molecule has 0 bridgehead atoms. The Kier molecular flexibility index (Phi) is 12.9. The minimum Gasteiger partial charge on any atom is -0.444 e. The second-order valence-electron chi connectivity index (χ2n) is 16.1. The number of fused-ring (bicyclic) bond motifs is 1. The predicted molar refractivity (Wildman–Crippen MR) is 225 cm³/mol. The molecule has 2 aromatic heterocycles. The van der Waals surface area contributed by atoms with Crippen LogP contribution in [0.1, 0.15) is 95.7 Å². The summed E-state index contributed by atoms with van der Waals surface area (Å²) in [6.07, 6.45) is 3.41. The lowest BCUT2D eigenvalue weighted by Crippen LogP contribution is -2.38. The predicted octanol–water partition coefficient (Wildman–Crippen LogP) is 8.02. The Morgan fingerprint density at radius 1 is 0.889 bits per heavy atom. The Bertz CT molecular complexity index is 2050. The summed E-state index contributed by atoms with van der Waals surface area (Å²) in [5, 5.41) is 0. The first kappa shape index (κ1) is 42.7. The quantitative estimate of drug-likeness (QED) is 0.159. The van der Waals surface area contributed by atoms with Gasteiger partial charge in [0, 0.05) is 36.2 Å². The molecule has 5 heterocycles. The molecule has 2 amide bonds. The maximum absolute atomic E-state index is 13.3. The number of H-pyrrole nitrogens is 2. The van der Waals surface area contributed by atoms with Crippen LogP contribution < -0.4 is 0 Å². The van der Waals surface area contributed by atoms with Crippen LogP contribution in [-0.4, -0.2) is 79.4 Å². The van der Waals surface area contributed by atoms with Crippen molar-refractivity contribution in [2.45, 2.75) is 84.1 Å². The number of nitrogens with zero attached hydrogens (tertiary/aromatic N) is 4. The molecule has 290 valence electrons. The first-order chi connectivity index (χ1) is 24.1. The summed E-state index contributed by atoms with van der Waals surface area (Å²) in [5.74, 6) is 8.01. The summed E-state index contributed by atoms with van der Waals surface area (Å²) in [6.45, 7) is 17.7. The fraction of sp³-hybridized carbons (Fsp3) is 0.450. The van der Waals surface area contributed by atoms with Gasteiger partial charge in [0.15, 0.2) is 0 Å². The molecular formula is C40H52N6O5S3. The number of amides is 2. The van der Waals surface area contributed by atoms with Crippen LogP contribution in [0.4, 0.5) is 9.59 Å². The van der Waals surface area contributed by atoms with Crippen LogP contribution in [0.15, 0.2) is 60.8 Å². The van der Waals surface area contributed by atoms with Gasteiger partial charge in [-0.3, -0.25) is 9.80 Å². The average molecular weight is 793 g/mol. The number of aromatic nitrogens is 4. The molecule has 0 unspecified atom stereocenters. The molecule has 0 aliphatic carbocycles. The molecule has 3 aliphatic rings. The monoisotopic (exact) mass is 792 g/mol. The highest BCUT2D eigenvalue weighted by molar-refractivity contribution is 7.59. The van der Waals surface area contributed by atoms with E-state index in [9.17, 15) is 9.59 Å². The molecule has 1 spiro atoms. The second kappa shape index (κ2) is 16.4. The first-order valence-electron chi connectivity index (χ1n) is 17.5. The van der Waals surface area contributed by atoms with Crippen LogP contribution in [0.5, 0.6) is 0 Å². The third-order valence-corrected chi connectivity index (χ3v) is 9.48. The van der Waals surface area contributed by atoms with Crippen LogP contribution in [0.25, 0.3) is 22.3 Å². The molecule has 3 aliphatic heterocycles. The highest BCUT2D eigenvalue weighted by Crippen LogP contribution is 2.48. The molecule has 2 aromatic carbocycles. The van der Waals surface area contributed by atoms with Gasteiger partial charge in [-0.2, -0.15) is 40.5 Å². The van der Waals surface area contributed by atoms with E-state index in [-0.39, 0.29) is 70.2 Å². The van der Waals surface area contributed by atoms with Gasteiger partial charge in [-0.15, -0.1) is 0 Å². The van der Waals surface area contributed by atoms with Crippen LogP contribution in [0, 0.1) is 17.3 Å². The molecule has 14 heteroatoms. The number of nitrogens with one attached hydrogen (secondary N) is 2. The number of benzene rings is 2. The summed E-state index contributed by atoms with van der Waals surface area (Å²) in [5.41, 5.74) is 4.93. The summed E-state index contributed by atoms with van der Waals surface area (Å²) in [6, 6.07) is 13.4. The summed E-state index contributed by atoms with van der Waals surface area (Å²) >= 11 is 0. The Hall–Kier alpha value is -4.03. The Morgan fingerprint density at radius 2 is 1.54 bits per heavy atom. The van der Waals surface area contributed by atoms with E-state index in [0.29, 0.717) is 38.5 Å². The van der Waals surface area contributed by atoms with Gasteiger partial charge < -0.3 is 24.2 Å². The maximum Gasteiger partial charge on any atom is 0.411 e. The van der Waals surface area contributed by atoms with Gasteiger partial charge in [0.2, 0.25) is 0 Å². The zero-order chi connectivity index (χ0) is 36.1. The lowest BCUT2D eigenvalue weighted by molar-refractivity contribution is 0.0197. The molecule has 3 fully saturated rings. The second-order valence-corrected chi connectivity index (χ2v) is 16.1. The topological polar surface area (TPSA) is 126 Å². The van der Waals surface area contributed by atoms with Gasteiger partial charge in [-0.1, -0.05) is 36.1 Å². The van der Waals surface area contributed by atoms with Crippen molar-refractivity contribution in [3.63, 3.8) is 0 Å². The van der Waals surface area contributed by atoms with Crippen LogP contribution in [0.2, 0.25) is 0 Å².